The fourth-order valence-electron chi connectivity index (χ4n) is 2.09. The summed E-state index contributed by atoms with van der Waals surface area (Å²) in [4.78, 5) is 24.3. The second-order valence-corrected chi connectivity index (χ2v) is 4.60. The number of nitrogens with zero attached hydrogens (tertiary/aromatic N) is 1. The number of carbonyl (C=O) groups excluding carboxylic acids is 1. The Morgan fingerprint density at radius 1 is 1.56 bits per heavy atom. The van der Waals surface area contributed by atoms with Gasteiger partial charge in [0.1, 0.15) is 0 Å². The van der Waals surface area contributed by atoms with Crippen molar-refractivity contribution < 1.29 is 19.4 Å². The summed E-state index contributed by atoms with van der Waals surface area (Å²) >= 11 is 0. The van der Waals surface area contributed by atoms with Crippen molar-refractivity contribution in [1.82, 2.24) is 10.2 Å². The first kappa shape index (κ1) is 14.8. The molecule has 1 aliphatic rings. The zero-order chi connectivity index (χ0) is 13.5. The molecule has 1 aliphatic heterocycles. The summed E-state index contributed by atoms with van der Waals surface area (Å²) in [6.07, 6.45) is 2.54. The first-order chi connectivity index (χ1) is 8.56. The highest BCUT2D eigenvalue weighted by atomic mass is 16.5. The van der Waals surface area contributed by atoms with Gasteiger partial charge in [-0.25, -0.2) is 4.79 Å². The molecule has 0 aromatic heterocycles. The Hall–Kier alpha value is -1.30. The Bertz CT molecular complexity index is 296. The minimum absolute atomic E-state index is 0.0379. The van der Waals surface area contributed by atoms with E-state index in [0.717, 1.165) is 12.8 Å². The standard InChI is InChI=1S/C12H22N2O4/c1-3-9(7-11(15)16)13-12(17)14-6-4-5-10(8-14)18-2/h9-10H,3-8H2,1-2H3,(H,13,17)(H,15,16). The van der Waals surface area contributed by atoms with Crippen molar-refractivity contribution in [3.63, 3.8) is 0 Å². The van der Waals surface area contributed by atoms with Gasteiger partial charge in [-0.05, 0) is 19.3 Å². The van der Waals surface area contributed by atoms with Gasteiger partial charge in [-0.1, -0.05) is 6.92 Å². The average Bonchev–Trinajstić information content (AvgIpc) is 2.37. The predicted molar refractivity (Wildman–Crippen MR) is 66.5 cm³/mol. The summed E-state index contributed by atoms with van der Waals surface area (Å²) in [6, 6.07) is -0.497. The van der Waals surface area contributed by atoms with Gasteiger partial charge in [0.15, 0.2) is 0 Å². The van der Waals surface area contributed by atoms with E-state index in [1.54, 1.807) is 12.0 Å². The Labute approximate surface area is 107 Å². The van der Waals surface area contributed by atoms with Gasteiger partial charge in [0.05, 0.1) is 12.5 Å². The molecule has 2 N–H and O–H groups in total. The maximum Gasteiger partial charge on any atom is 0.317 e. The highest BCUT2D eigenvalue weighted by molar-refractivity contribution is 5.76. The lowest BCUT2D eigenvalue weighted by Gasteiger charge is -2.33. The first-order valence-corrected chi connectivity index (χ1v) is 6.36. The quantitative estimate of drug-likeness (QED) is 0.773. The zero-order valence-electron chi connectivity index (χ0n) is 11.0. The second-order valence-electron chi connectivity index (χ2n) is 4.60. The molecule has 0 radical (unpaired) electrons. The van der Waals surface area contributed by atoms with Crippen LogP contribution in [0.15, 0.2) is 0 Å². The molecule has 0 bridgehead atoms. The van der Waals surface area contributed by atoms with Crippen LogP contribution in [0.4, 0.5) is 4.79 Å². The third-order valence-corrected chi connectivity index (χ3v) is 3.24. The Morgan fingerprint density at radius 3 is 2.83 bits per heavy atom. The topological polar surface area (TPSA) is 78.9 Å². The molecule has 1 fully saturated rings. The molecular weight excluding hydrogens is 236 g/mol. The second kappa shape index (κ2) is 7.20. The van der Waals surface area contributed by atoms with Crippen molar-refractivity contribution in [3.8, 4) is 0 Å². The summed E-state index contributed by atoms with van der Waals surface area (Å²) < 4.78 is 5.25. The minimum Gasteiger partial charge on any atom is -0.481 e. The average molecular weight is 258 g/mol. The molecule has 0 saturated carbocycles. The number of carbonyl (C=O) groups is 2. The maximum atomic E-state index is 12.0. The lowest BCUT2D eigenvalue weighted by molar-refractivity contribution is -0.137. The molecule has 1 rings (SSSR count). The van der Waals surface area contributed by atoms with Crippen LogP contribution in [-0.4, -0.2) is 54.4 Å². The number of urea groups is 1. The van der Waals surface area contributed by atoms with Gasteiger partial charge in [-0.2, -0.15) is 0 Å². The van der Waals surface area contributed by atoms with Crippen molar-refractivity contribution >= 4 is 12.0 Å². The predicted octanol–water partition coefficient (Wildman–Crippen LogP) is 1.06. The molecule has 1 saturated heterocycles. The number of carboxylic acids is 1. The van der Waals surface area contributed by atoms with E-state index in [2.05, 4.69) is 5.32 Å². The molecule has 1 heterocycles. The van der Waals surface area contributed by atoms with E-state index >= 15 is 0 Å². The number of methoxy groups -OCH3 is 1. The number of carboxylic acid groups (broad SMARTS) is 1. The Kier molecular flexibility index (Phi) is 5.91. The summed E-state index contributed by atoms with van der Waals surface area (Å²) in [5.74, 6) is -0.893. The van der Waals surface area contributed by atoms with Crippen LogP contribution in [0.3, 0.4) is 0 Å². The van der Waals surface area contributed by atoms with Crippen LogP contribution in [0.25, 0.3) is 0 Å². The van der Waals surface area contributed by atoms with Gasteiger partial charge < -0.3 is 20.1 Å². The van der Waals surface area contributed by atoms with E-state index < -0.39 is 5.97 Å². The largest absolute Gasteiger partial charge is 0.481 e. The van der Waals surface area contributed by atoms with E-state index in [1.165, 1.54) is 0 Å². The van der Waals surface area contributed by atoms with Crippen LogP contribution in [0.2, 0.25) is 0 Å². The number of piperidine rings is 1. The SMILES string of the molecule is CCC(CC(=O)O)NC(=O)N1CCCC(OC)C1. The first-order valence-electron chi connectivity index (χ1n) is 6.36. The third-order valence-electron chi connectivity index (χ3n) is 3.24. The monoisotopic (exact) mass is 258 g/mol. The molecule has 2 unspecified atom stereocenters. The summed E-state index contributed by atoms with van der Waals surface area (Å²) in [6.45, 7) is 3.14. The normalized spacial score (nSPS) is 21.4. The number of likely N-dealkylation sites (tertiary alicyclic amines) is 1. The van der Waals surface area contributed by atoms with Gasteiger partial charge in [-0.3, -0.25) is 4.79 Å². The molecule has 0 aromatic carbocycles. The number of rotatable bonds is 5. The number of nitrogens with one attached hydrogen (secondary N) is 1. The van der Waals surface area contributed by atoms with Crippen LogP contribution in [0, 0.1) is 0 Å². The molecule has 18 heavy (non-hydrogen) atoms. The lowest BCUT2D eigenvalue weighted by Crippen LogP contribution is -2.50. The van der Waals surface area contributed by atoms with Crippen molar-refractivity contribution in [3.05, 3.63) is 0 Å². The lowest BCUT2D eigenvalue weighted by atomic mass is 10.1. The van der Waals surface area contributed by atoms with Crippen LogP contribution in [0.5, 0.6) is 0 Å². The van der Waals surface area contributed by atoms with E-state index in [-0.39, 0.29) is 24.6 Å². The number of aliphatic carboxylic acids is 1. The van der Waals surface area contributed by atoms with Crippen LogP contribution < -0.4 is 5.32 Å². The molecule has 2 amide bonds. The fourth-order valence-corrected chi connectivity index (χ4v) is 2.09. The number of hydrogen-bond acceptors (Lipinski definition) is 3. The molecule has 6 heteroatoms. The van der Waals surface area contributed by atoms with Crippen molar-refractivity contribution in [2.24, 2.45) is 0 Å². The van der Waals surface area contributed by atoms with E-state index in [0.29, 0.717) is 19.5 Å². The number of ether oxygens (including phenoxy) is 1. The molecule has 6 nitrogen and oxygen atoms in total. The summed E-state index contributed by atoms with van der Waals surface area (Å²) in [5.41, 5.74) is 0. The smallest absolute Gasteiger partial charge is 0.317 e. The maximum absolute atomic E-state index is 12.0. The van der Waals surface area contributed by atoms with Gasteiger partial charge >= 0.3 is 12.0 Å². The Balaban J connectivity index is 2.45. The third kappa shape index (κ3) is 4.52. The molecule has 2 atom stereocenters. The molecule has 0 spiro atoms. The van der Waals surface area contributed by atoms with E-state index in [4.69, 9.17) is 9.84 Å². The fraction of sp³-hybridized carbons (Fsp3) is 0.833. The van der Waals surface area contributed by atoms with Gasteiger partial charge in [0.25, 0.3) is 0 Å². The van der Waals surface area contributed by atoms with Gasteiger partial charge in [0, 0.05) is 26.2 Å². The van der Waals surface area contributed by atoms with Crippen LogP contribution >= 0.6 is 0 Å². The van der Waals surface area contributed by atoms with E-state index in [1.807, 2.05) is 6.92 Å². The van der Waals surface area contributed by atoms with Crippen molar-refractivity contribution in [1.29, 1.82) is 0 Å². The minimum atomic E-state index is -0.893. The van der Waals surface area contributed by atoms with Crippen molar-refractivity contribution in [2.75, 3.05) is 20.2 Å². The number of hydrogen-bond donors (Lipinski definition) is 2. The Morgan fingerprint density at radius 2 is 2.28 bits per heavy atom. The molecule has 0 aromatic rings. The van der Waals surface area contributed by atoms with Gasteiger partial charge in [-0.15, -0.1) is 0 Å². The highest BCUT2D eigenvalue weighted by Gasteiger charge is 2.25. The van der Waals surface area contributed by atoms with E-state index in [9.17, 15) is 9.59 Å². The summed E-state index contributed by atoms with van der Waals surface area (Å²) in [7, 11) is 1.64. The molecule has 0 aliphatic carbocycles. The zero-order valence-corrected chi connectivity index (χ0v) is 11.0. The van der Waals surface area contributed by atoms with Gasteiger partial charge in [0.2, 0.25) is 0 Å². The summed E-state index contributed by atoms with van der Waals surface area (Å²) in [5, 5.41) is 11.5. The molecular formula is C12H22N2O4. The number of amides is 2. The highest BCUT2D eigenvalue weighted by Crippen LogP contribution is 2.13. The molecule has 104 valence electrons. The van der Waals surface area contributed by atoms with Crippen molar-refractivity contribution in [2.45, 2.75) is 44.8 Å². The van der Waals surface area contributed by atoms with Crippen LogP contribution in [-0.2, 0) is 9.53 Å². The van der Waals surface area contributed by atoms with Crippen LogP contribution in [0.1, 0.15) is 32.6 Å².